The molecule has 0 amide bonds. The van der Waals surface area contributed by atoms with Crippen LogP contribution in [0.25, 0.3) is 0 Å². The van der Waals surface area contributed by atoms with E-state index in [2.05, 4.69) is 4.74 Å². The van der Waals surface area contributed by atoms with Crippen LogP contribution in [0.2, 0.25) is 0 Å². The summed E-state index contributed by atoms with van der Waals surface area (Å²) in [6.07, 6.45) is -12.3. The largest absolute Gasteiger partial charge is 0.491 e. The lowest BCUT2D eigenvalue weighted by Gasteiger charge is -2.17. The van der Waals surface area contributed by atoms with E-state index in [-0.39, 0.29) is 0 Å². The molecule has 0 atom stereocenters. The number of carbonyl (C=O) groups excluding carboxylic acids is 2. The molecule has 3 nitrogen and oxygen atoms in total. The van der Waals surface area contributed by atoms with E-state index in [1.165, 1.54) is 0 Å². The second kappa shape index (κ2) is 3.87. The number of esters is 2. The summed E-state index contributed by atoms with van der Waals surface area (Å²) in [5, 5.41) is 0. The third kappa shape index (κ3) is 3.03. The molecular formula is C5F8O3. The van der Waals surface area contributed by atoms with E-state index in [0.717, 1.165) is 0 Å². The van der Waals surface area contributed by atoms with E-state index in [1.54, 1.807) is 0 Å². The SMILES string of the molecule is O=C(OC(=O)C(F)(F)C(F)(F)F)C(F)(F)F. The van der Waals surface area contributed by atoms with Gasteiger partial charge in [0.1, 0.15) is 0 Å². The fraction of sp³-hybridized carbons (Fsp3) is 0.600. The van der Waals surface area contributed by atoms with Crippen molar-refractivity contribution < 1.29 is 49.4 Å². The highest BCUT2D eigenvalue weighted by atomic mass is 19.4. The van der Waals surface area contributed by atoms with Gasteiger partial charge in [-0.25, -0.2) is 9.59 Å². The van der Waals surface area contributed by atoms with Crippen LogP contribution in [0, 0.1) is 0 Å². The molecule has 0 saturated heterocycles. The first-order valence-electron chi connectivity index (χ1n) is 3.08. The maximum Gasteiger partial charge on any atom is 0.491 e. The fourth-order valence-corrected chi connectivity index (χ4v) is 0.322. The first-order chi connectivity index (χ1) is 6.80. The summed E-state index contributed by atoms with van der Waals surface area (Å²) < 4.78 is 94.4. The standard InChI is InChI=1S/C5F8O3/c6-3(7,5(11,12)13)1(14)16-2(15)4(8,9)10. The Kier molecular flexibility index (Phi) is 3.52. The predicted molar refractivity (Wildman–Crippen MR) is 28.2 cm³/mol. The fourth-order valence-electron chi connectivity index (χ4n) is 0.322. The summed E-state index contributed by atoms with van der Waals surface area (Å²) in [5.74, 6) is -13.3. The van der Waals surface area contributed by atoms with Crippen LogP contribution in [0.15, 0.2) is 0 Å². The van der Waals surface area contributed by atoms with Crippen LogP contribution in [-0.4, -0.2) is 30.2 Å². The molecule has 0 saturated carbocycles. The van der Waals surface area contributed by atoms with Gasteiger partial charge in [0.25, 0.3) is 0 Å². The van der Waals surface area contributed by atoms with Crippen molar-refractivity contribution in [2.24, 2.45) is 0 Å². The van der Waals surface area contributed by atoms with Gasteiger partial charge in [0.15, 0.2) is 0 Å². The zero-order valence-corrected chi connectivity index (χ0v) is 6.75. The van der Waals surface area contributed by atoms with Gasteiger partial charge in [0.2, 0.25) is 0 Å². The summed E-state index contributed by atoms with van der Waals surface area (Å²) >= 11 is 0. The predicted octanol–water partition coefficient (Wildman–Crippen LogP) is 1.82. The Labute approximate surface area is 81.0 Å². The molecule has 0 aliphatic carbocycles. The van der Waals surface area contributed by atoms with Gasteiger partial charge in [-0.3, -0.25) is 0 Å². The lowest BCUT2D eigenvalue weighted by Crippen LogP contribution is -2.47. The zero-order chi connectivity index (χ0) is 13.4. The van der Waals surface area contributed by atoms with Gasteiger partial charge in [0, 0.05) is 0 Å². The number of alkyl halides is 8. The summed E-state index contributed by atoms with van der Waals surface area (Å²) in [5.41, 5.74) is 0. The number of ether oxygens (including phenoxy) is 1. The number of hydrogen-bond donors (Lipinski definition) is 0. The molecule has 16 heavy (non-hydrogen) atoms. The molecule has 11 heteroatoms. The molecule has 0 bridgehead atoms. The van der Waals surface area contributed by atoms with Crippen LogP contribution in [-0.2, 0) is 14.3 Å². The third-order valence-corrected chi connectivity index (χ3v) is 1.03. The Morgan fingerprint density at radius 2 is 1.12 bits per heavy atom. The minimum atomic E-state index is -6.45. The zero-order valence-electron chi connectivity index (χ0n) is 6.75. The summed E-state index contributed by atoms with van der Waals surface area (Å²) in [7, 11) is 0. The van der Waals surface area contributed by atoms with Gasteiger partial charge in [-0.1, -0.05) is 0 Å². The van der Waals surface area contributed by atoms with Gasteiger partial charge in [-0.05, 0) is 0 Å². The van der Waals surface area contributed by atoms with Gasteiger partial charge in [-0.15, -0.1) is 0 Å². The Morgan fingerprint density at radius 3 is 1.38 bits per heavy atom. The number of rotatable bonds is 1. The number of carbonyl (C=O) groups is 2. The molecule has 0 aromatic rings. The monoisotopic (exact) mass is 260 g/mol. The first kappa shape index (κ1) is 14.6. The van der Waals surface area contributed by atoms with Crippen LogP contribution in [0.5, 0.6) is 0 Å². The van der Waals surface area contributed by atoms with Crippen molar-refractivity contribution in [2.75, 3.05) is 0 Å². The van der Waals surface area contributed by atoms with Crippen molar-refractivity contribution in [1.82, 2.24) is 0 Å². The Morgan fingerprint density at radius 1 is 0.750 bits per heavy atom. The molecule has 94 valence electrons. The number of halogens is 8. The van der Waals surface area contributed by atoms with Crippen LogP contribution in [0.1, 0.15) is 0 Å². The molecule has 0 radical (unpaired) electrons. The Hall–Kier alpha value is -1.42. The summed E-state index contributed by atoms with van der Waals surface area (Å²) in [6.45, 7) is 0. The van der Waals surface area contributed by atoms with E-state index in [9.17, 15) is 44.7 Å². The van der Waals surface area contributed by atoms with Crippen LogP contribution in [0.4, 0.5) is 35.1 Å². The van der Waals surface area contributed by atoms with Crippen molar-refractivity contribution in [3.8, 4) is 0 Å². The van der Waals surface area contributed by atoms with Crippen molar-refractivity contribution in [1.29, 1.82) is 0 Å². The van der Waals surface area contributed by atoms with Gasteiger partial charge >= 0.3 is 30.2 Å². The molecule has 0 aliphatic rings. The first-order valence-corrected chi connectivity index (χ1v) is 3.08. The van der Waals surface area contributed by atoms with Crippen molar-refractivity contribution in [3.05, 3.63) is 0 Å². The Balaban J connectivity index is 4.80. The molecule has 0 aliphatic heterocycles. The summed E-state index contributed by atoms with van der Waals surface area (Å²) in [4.78, 5) is 19.7. The molecule has 0 unspecified atom stereocenters. The molecule has 0 aromatic heterocycles. The maximum atomic E-state index is 12.0. The average Bonchev–Trinajstić information content (AvgIpc) is 1.99. The quantitative estimate of drug-likeness (QED) is 0.410. The van der Waals surface area contributed by atoms with E-state index in [4.69, 9.17) is 0 Å². The molecule has 0 heterocycles. The minimum Gasteiger partial charge on any atom is -0.382 e. The van der Waals surface area contributed by atoms with Crippen molar-refractivity contribution >= 4 is 11.9 Å². The smallest absolute Gasteiger partial charge is 0.382 e. The highest BCUT2D eigenvalue weighted by Crippen LogP contribution is 2.36. The second-order valence-corrected chi connectivity index (χ2v) is 2.25. The van der Waals surface area contributed by atoms with E-state index >= 15 is 0 Å². The van der Waals surface area contributed by atoms with Gasteiger partial charge < -0.3 is 4.74 Å². The van der Waals surface area contributed by atoms with Gasteiger partial charge in [-0.2, -0.15) is 35.1 Å². The summed E-state index contributed by atoms with van der Waals surface area (Å²) in [6, 6.07) is 0. The van der Waals surface area contributed by atoms with Crippen LogP contribution < -0.4 is 0 Å². The van der Waals surface area contributed by atoms with Crippen LogP contribution >= 0.6 is 0 Å². The normalized spacial score (nSPS) is 13.5. The second-order valence-electron chi connectivity index (χ2n) is 2.25. The van der Waals surface area contributed by atoms with Gasteiger partial charge in [0.05, 0.1) is 0 Å². The molecule has 0 rings (SSSR count). The molecule has 0 fully saturated rings. The molecule has 0 aromatic carbocycles. The van der Waals surface area contributed by atoms with Crippen molar-refractivity contribution in [2.45, 2.75) is 18.3 Å². The third-order valence-electron chi connectivity index (χ3n) is 1.03. The molecule has 0 spiro atoms. The van der Waals surface area contributed by atoms with E-state index in [0.29, 0.717) is 0 Å². The Bertz CT molecular complexity index is 300. The van der Waals surface area contributed by atoms with E-state index < -0.39 is 30.2 Å². The topological polar surface area (TPSA) is 43.4 Å². The molecular weight excluding hydrogens is 260 g/mol. The maximum absolute atomic E-state index is 12.0. The minimum absolute atomic E-state index is 2.33. The average molecular weight is 260 g/mol. The highest BCUT2D eigenvalue weighted by molar-refractivity contribution is 5.92. The van der Waals surface area contributed by atoms with Crippen molar-refractivity contribution in [3.63, 3.8) is 0 Å². The number of hydrogen-bond acceptors (Lipinski definition) is 3. The molecule has 0 N–H and O–H groups in total. The van der Waals surface area contributed by atoms with E-state index in [1.807, 2.05) is 0 Å². The lowest BCUT2D eigenvalue weighted by molar-refractivity contribution is -0.281. The van der Waals surface area contributed by atoms with Crippen LogP contribution in [0.3, 0.4) is 0 Å². The highest BCUT2D eigenvalue weighted by Gasteiger charge is 2.66. The lowest BCUT2D eigenvalue weighted by atomic mass is 10.3.